The molecule has 0 aromatic heterocycles. The molecule has 0 unspecified atom stereocenters. The Bertz CT molecular complexity index is 768. The molecule has 2 aromatic carbocycles. The largest absolute Gasteiger partial charge is 0.347 e. The molecule has 0 amide bonds. The zero-order valence-electron chi connectivity index (χ0n) is 14.5. The molecule has 0 aliphatic rings. The van der Waals surface area contributed by atoms with Gasteiger partial charge in [-0.1, -0.05) is 0 Å². The maximum absolute atomic E-state index is 13.1. The molecule has 2 rings (SSSR count). The van der Waals surface area contributed by atoms with Crippen molar-refractivity contribution >= 4 is 29.5 Å². The highest BCUT2D eigenvalue weighted by atomic mass is 35.5. The number of halogens is 8. The van der Waals surface area contributed by atoms with E-state index in [2.05, 4.69) is 0 Å². The van der Waals surface area contributed by atoms with Crippen molar-refractivity contribution in [1.29, 1.82) is 0 Å². The first kappa shape index (κ1) is 25.2. The predicted octanol–water partition coefficient (Wildman–Crippen LogP) is 5.53. The molecule has 2 aromatic rings. The van der Waals surface area contributed by atoms with E-state index in [1.807, 2.05) is 0 Å². The topological polar surface area (TPSA) is 35.5 Å². The Morgan fingerprint density at radius 2 is 1.14 bits per heavy atom. The van der Waals surface area contributed by atoms with E-state index in [0.29, 0.717) is 12.1 Å². The lowest BCUT2D eigenvalue weighted by Gasteiger charge is -2.18. The maximum atomic E-state index is 13.1. The standard InChI is InChI=1S/C11H11Cl2F3O2.C7H3F3O/c12-1-3-17-11(18-4-2-13)7-5-8(14)10(16)9(15)6-7;8-5-1-4(3-11)2-6(9)7(5)10/h5-6,11H,1-4H2;1-3H. The van der Waals surface area contributed by atoms with Crippen molar-refractivity contribution < 1.29 is 40.6 Å². The first-order valence-electron chi connectivity index (χ1n) is 7.84. The molecule has 29 heavy (non-hydrogen) atoms. The van der Waals surface area contributed by atoms with Gasteiger partial charge in [0, 0.05) is 22.9 Å². The first-order valence-corrected chi connectivity index (χ1v) is 8.91. The zero-order chi connectivity index (χ0) is 22.0. The van der Waals surface area contributed by atoms with E-state index >= 15 is 0 Å². The van der Waals surface area contributed by atoms with Crippen LogP contribution < -0.4 is 0 Å². The van der Waals surface area contributed by atoms with Gasteiger partial charge in [-0.05, 0) is 24.3 Å². The number of rotatable bonds is 8. The first-order chi connectivity index (χ1) is 13.7. The van der Waals surface area contributed by atoms with Crippen LogP contribution in [0.15, 0.2) is 24.3 Å². The molecule has 0 heterocycles. The number of alkyl halides is 2. The second-order valence-corrected chi connectivity index (χ2v) is 5.92. The Hall–Kier alpha value is -1.81. The van der Waals surface area contributed by atoms with Gasteiger partial charge in [-0.15, -0.1) is 23.2 Å². The van der Waals surface area contributed by atoms with E-state index in [4.69, 9.17) is 32.7 Å². The van der Waals surface area contributed by atoms with Gasteiger partial charge < -0.3 is 9.47 Å². The van der Waals surface area contributed by atoms with E-state index in [9.17, 15) is 31.1 Å². The Morgan fingerprint density at radius 1 is 0.759 bits per heavy atom. The molecule has 0 fully saturated rings. The minimum atomic E-state index is -1.56. The van der Waals surface area contributed by atoms with Crippen LogP contribution in [0, 0.1) is 34.9 Å². The van der Waals surface area contributed by atoms with Crippen molar-refractivity contribution in [2.75, 3.05) is 25.0 Å². The van der Waals surface area contributed by atoms with Crippen molar-refractivity contribution in [2.45, 2.75) is 6.29 Å². The number of ether oxygens (including phenoxy) is 2. The Labute approximate surface area is 172 Å². The predicted molar refractivity (Wildman–Crippen MR) is 94.1 cm³/mol. The molecule has 0 saturated carbocycles. The summed E-state index contributed by atoms with van der Waals surface area (Å²) >= 11 is 10.9. The lowest BCUT2D eigenvalue weighted by molar-refractivity contribution is -0.139. The second kappa shape index (κ2) is 12.7. The van der Waals surface area contributed by atoms with E-state index < -0.39 is 41.2 Å². The quantitative estimate of drug-likeness (QED) is 0.170. The lowest BCUT2D eigenvalue weighted by Crippen LogP contribution is -2.13. The molecule has 0 spiro atoms. The van der Waals surface area contributed by atoms with Gasteiger partial charge in [0.25, 0.3) is 0 Å². The van der Waals surface area contributed by atoms with Gasteiger partial charge in [0.15, 0.2) is 41.2 Å². The van der Waals surface area contributed by atoms with Gasteiger partial charge in [0.05, 0.1) is 13.2 Å². The molecule has 160 valence electrons. The minimum Gasteiger partial charge on any atom is -0.347 e. The summed E-state index contributed by atoms with van der Waals surface area (Å²) in [5.41, 5.74) is -0.192. The van der Waals surface area contributed by atoms with Crippen LogP contribution in [0.1, 0.15) is 22.2 Å². The highest BCUT2D eigenvalue weighted by molar-refractivity contribution is 6.18. The van der Waals surface area contributed by atoms with E-state index in [0.717, 1.165) is 12.1 Å². The fraction of sp³-hybridized carbons (Fsp3) is 0.278. The average Bonchev–Trinajstić information content (AvgIpc) is 2.70. The summed E-state index contributed by atoms with van der Waals surface area (Å²) in [4.78, 5) is 9.97. The third kappa shape index (κ3) is 7.85. The van der Waals surface area contributed by atoms with Crippen LogP contribution >= 0.6 is 23.2 Å². The summed E-state index contributed by atoms with van der Waals surface area (Å²) in [6, 6.07) is 2.88. The van der Waals surface area contributed by atoms with Gasteiger partial charge in [-0.2, -0.15) is 0 Å². The maximum Gasteiger partial charge on any atom is 0.194 e. The Kier molecular flexibility index (Phi) is 11.0. The molecular formula is C18H14Cl2F6O3. The van der Waals surface area contributed by atoms with Crippen molar-refractivity contribution in [3.05, 3.63) is 70.3 Å². The summed E-state index contributed by atoms with van der Waals surface area (Å²) in [6.07, 6.45) is -0.793. The van der Waals surface area contributed by atoms with Crippen LogP contribution in [-0.2, 0) is 9.47 Å². The van der Waals surface area contributed by atoms with Gasteiger partial charge in [0.1, 0.15) is 6.29 Å². The van der Waals surface area contributed by atoms with Gasteiger partial charge in [-0.25, -0.2) is 26.3 Å². The average molecular weight is 463 g/mol. The van der Waals surface area contributed by atoms with Crippen LogP contribution in [0.25, 0.3) is 0 Å². The van der Waals surface area contributed by atoms with Gasteiger partial charge >= 0.3 is 0 Å². The molecule has 0 atom stereocenters. The fourth-order valence-corrected chi connectivity index (χ4v) is 2.08. The Morgan fingerprint density at radius 3 is 1.48 bits per heavy atom. The van der Waals surface area contributed by atoms with Crippen molar-refractivity contribution in [3.8, 4) is 0 Å². The molecule has 0 aliphatic carbocycles. The van der Waals surface area contributed by atoms with Crippen LogP contribution in [0.3, 0.4) is 0 Å². The van der Waals surface area contributed by atoms with Crippen molar-refractivity contribution in [3.63, 3.8) is 0 Å². The fourth-order valence-electron chi connectivity index (χ4n) is 1.90. The highest BCUT2D eigenvalue weighted by Gasteiger charge is 2.18. The minimum absolute atomic E-state index is 0.0293. The van der Waals surface area contributed by atoms with Crippen LogP contribution in [0.2, 0.25) is 0 Å². The highest BCUT2D eigenvalue weighted by Crippen LogP contribution is 2.23. The summed E-state index contributed by atoms with van der Waals surface area (Å²) in [7, 11) is 0. The molecule has 0 saturated heterocycles. The molecule has 0 radical (unpaired) electrons. The molecule has 0 aliphatic heterocycles. The molecule has 0 N–H and O–H groups in total. The SMILES string of the molecule is Fc1cc(C(OCCCl)OCCCl)cc(F)c1F.O=Cc1cc(F)c(F)c(F)c1. The molecule has 11 heteroatoms. The van der Waals surface area contributed by atoms with E-state index in [1.165, 1.54) is 0 Å². The van der Waals surface area contributed by atoms with Crippen LogP contribution in [0.4, 0.5) is 26.3 Å². The summed E-state index contributed by atoms with van der Waals surface area (Å²) in [6.45, 7) is 0.240. The summed E-state index contributed by atoms with van der Waals surface area (Å²) in [5.74, 6) is -8.04. The zero-order valence-corrected chi connectivity index (χ0v) is 16.1. The number of carbonyl (C=O) groups is 1. The Balaban J connectivity index is 0.000000326. The molecular weight excluding hydrogens is 449 g/mol. The summed E-state index contributed by atoms with van der Waals surface area (Å²) in [5, 5.41) is 0. The van der Waals surface area contributed by atoms with Crippen molar-refractivity contribution in [2.24, 2.45) is 0 Å². The van der Waals surface area contributed by atoms with E-state index in [-0.39, 0.29) is 42.4 Å². The van der Waals surface area contributed by atoms with Gasteiger partial charge in [0.2, 0.25) is 0 Å². The molecule has 3 nitrogen and oxygen atoms in total. The summed E-state index contributed by atoms with van der Waals surface area (Å²) < 4.78 is 85.9. The lowest BCUT2D eigenvalue weighted by atomic mass is 10.2. The van der Waals surface area contributed by atoms with E-state index in [1.54, 1.807) is 0 Å². The normalized spacial score (nSPS) is 10.7. The number of aldehydes is 1. The van der Waals surface area contributed by atoms with Crippen LogP contribution in [-0.4, -0.2) is 31.3 Å². The smallest absolute Gasteiger partial charge is 0.194 e. The van der Waals surface area contributed by atoms with Crippen LogP contribution in [0.5, 0.6) is 0 Å². The monoisotopic (exact) mass is 462 g/mol. The number of hydrogen-bond donors (Lipinski definition) is 0. The molecule has 0 bridgehead atoms. The number of carbonyl (C=O) groups excluding carboxylic acids is 1. The third-order valence-corrected chi connectivity index (χ3v) is 3.42. The second-order valence-electron chi connectivity index (χ2n) is 5.17. The third-order valence-electron chi connectivity index (χ3n) is 3.11. The number of benzene rings is 2. The van der Waals surface area contributed by atoms with Crippen molar-refractivity contribution in [1.82, 2.24) is 0 Å². The number of hydrogen-bond acceptors (Lipinski definition) is 3. The van der Waals surface area contributed by atoms with Gasteiger partial charge in [-0.3, -0.25) is 4.79 Å².